The molecule has 3 aromatic heterocycles. The van der Waals surface area contributed by atoms with Crippen LogP contribution in [0.25, 0.3) is 33.9 Å². The number of fused-ring (bicyclic) bond motifs is 5. The average molecular weight is 596 g/mol. The van der Waals surface area contributed by atoms with Gasteiger partial charge in [-0.2, -0.15) is 31.6 Å². The van der Waals surface area contributed by atoms with Gasteiger partial charge in [0.25, 0.3) is 0 Å². The van der Waals surface area contributed by atoms with Crippen LogP contribution < -0.4 is 5.32 Å². The maximum Gasteiger partial charge on any atom is 0.490 e. The number of nitrogens with zero attached hydrogens (tertiary/aromatic N) is 4. The molecule has 0 fully saturated rings. The minimum absolute atomic E-state index is 0.171. The number of carboxylic acid groups (broad SMARTS) is 2. The Labute approximate surface area is 230 Å². The lowest BCUT2D eigenvalue weighted by Crippen LogP contribution is -2.21. The number of carbonyl (C=O) groups is 2. The zero-order valence-corrected chi connectivity index (χ0v) is 20.8. The Morgan fingerprint density at radius 2 is 1.57 bits per heavy atom. The molecule has 4 N–H and O–H groups in total. The smallest absolute Gasteiger partial charge is 0.475 e. The zero-order valence-electron chi connectivity index (χ0n) is 20.8. The number of H-pyrrole nitrogens is 1. The van der Waals surface area contributed by atoms with Gasteiger partial charge >= 0.3 is 24.3 Å². The fourth-order valence-corrected chi connectivity index (χ4v) is 3.42. The maximum atomic E-state index is 14.9. The van der Waals surface area contributed by atoms with Gasteiger partial charge in [0.2, 0.25) is 0 Å². The molecule has 0 radical (unpaired) electrons. The summed E-state index contributed by atoms with van der Waals surface area (Å²) < 4.78 is 78.4. The standard InChI is InChI=1S/C21H13FN6.2C2HF3O2/c1-11-4-5-12(9-23)16(17(11)22)21-27-18-13-6-8-24-10-15(13)26-20-14(19(18)28-21)3-2-7-25-20;2*3-2(4,5)1(6)7/h2-8,10H,1H3,(H,25,26)(H,27,28);2*(H,6,7). The molecule has 0 unspecified atom stereocenters. The van der Waals surface area contributed by atoms with Crippen LogP contribution in [0.3, 0.4) is 0 Å². The van der Waals surface area contributed by atoms with Gasteiger partial charge in [0.05, 0.1) is 34.8 Å². The number of aromatic nitrogens is 4. The first-order valence-corrected chi connectivity index (χ1v) is 11.1. The number of aromatic amines is 1. The van der Waals surface area contributed by atoms with E-state index in [-0.39, 0.29) is 11.1 Å². The SMILES string of the molecule is Cc1ccc(C#N)c(-c2nc3c([nH]2)-c2ccncc2Nc2ncccc2-3)c1F.O=C(O)C(F)(F)F.O=C(O)C(F)(F)F. The van der Waals surface area contributed by atoms with Crippen molar-refractivity contribution >= 4 is 23.4 Å². The third-order valence-electron chi connectivity index (χ3n) is 5.29. The van der Waals surface area contributed by atoms with E-state index < -0.39 is 30.1 Å². The average Bonchev–Trinajstić information content (AvgIpc) is 3.29. The minimum atomic E-state index is -5.08. The second-order valence-electron chi connectivity index (χ2n) is 8.09. The van der Waals surface area contributed by atoms with E-state index in [9.17, 15) is 36.0 Å². The number of hydrogen-bond donors (Lipinski definition) is 4. The second kappa shape index (κ2) is 11.9. The molecule has 17 heteroatoms. The number of halogens is 7. The summed E-state index contributed by atoms with van der Waals surface area (Å²) in [7, 11) is 0. The molecular weight excluding hydrogens is 581 g/mol. The summed E-state index contributed by atoms with van der Waals surface area (Å²) in [6, 6.07) is 10.8. The fourth-order valence-electron chi connectivity index (χ4n) is 3.42. The Morgan fingerprint density at radius 1 is 0.952 bits per heavy atom. The van der Waals surface area contributed by atoms with Crippen LogP contribution in [0.5, 0.6) is 0 Å². The van der Waals surface area contributed by atoms with Crippen molar-refractivity contribution in [3.63, 3.8) is 0 Å². The molecule has 0 spiro atoms. The van der Waals surface area contributed by atoms with Gasteiger partial charge in [-0.05, 0) is 36.8 Å². The van der Waals surface area contributed by atoms with Gasteiger partial charge in [0.15, 0.2) is 0 Å². The second-order valence-corrected chi connectivity index (χ2v) is 8.09. The Bertz CT molecular complexity index is 1610. The number of alkyl halides is 6. The fraction of sp³-hybridized carbons (Fsp3) is 0.120. The molecule has 0 aliphatic carbocycles. The van der Waals surface area contributed by atoms with Gasteiger partial charge in [-0.3, -0.25) is 4.98 Å². The number of rotatable bonds is 1. The van der Waals surface area contributed by atoms with Crippen LogP contribution in [0.1, 0.15) is 11.1 Å². The van der Waals surface area contributed by atoms with E-state index >= 15 is 0 Å². The largest absolute Gasteiger partial charge is 0.490 e. The van der Waals surface area contributed by atoms with E-state index in [1.165, 1.54) is 0 Å². The van der Waals surface area contributed by atoms with Crippen LogP contribution in [0.2, 0.25) is 0 Å². The van der Waals surface area contributed by atoms with Crippen molar-refractivity contribution in [2.45, 2.75) is 19.3 Å². The Kier molecular flexibility index (Phi) is 8.80. The van der Waals surface area contributed by atoms with Gasteiger partial charge in [-0.25, -0.2) is 23.9 Å². The van der Waals surface area contributed by atoms with E-state index in [2.05, 4.69) is 31.3 Å². The van der Waals surface area contributed by atoms with Crippen LogP contribution in [-0.4, -0.2) is 54.4 Å². The summed E-state index contributed by atoms with van der Waals surface area (Å²) in [6.45, 7) is 1.66. The van der Waals surface area contributed by atoms with Gasteiger partial charge in [-0.1, -0.05) is 6.07 Å². The normalized spacial score (nSPS) is 11.4. The summed E-state index contributed by atoms with van der Waals surface area (Å²) >= 11 is 0. The number of aliphatic carboxylic acids is 2. The van der Waals surface area contributed by atoms with Crippen LogP contribution in [0.4, 0.5) is 42.2 Å². The molecule has 1 aromatic carbocycles. The molecule has 1 aliphatic rings. The lowest BCUT2D eigenvalue weighted by molar-refractivity contribution is -0.193. The quantitative estimate of drug-likeness (QED) is 0.174. The van der Waals surface area contributed by atoms with Gasteiger partial charge in [0, 0.05) is 23.5 Å². The molecule has 0 atom stereocenters. The first-order valence-electron chi connectivity index (χ1n) is 11.1. The highest BCUT2D eigenvalue weighted by Gasteiger charge is 2.39. The Balaban J connectivity index is 0.000000289. The molecule has 10 nitrogen and oxygen atoms in total. The monoisotopic (exact) mass is 596 g/mol. The van der Waals surface area contributed by atoms with E-state index in [1.807, 2.05) is 18.2 Å². The summed E-state index contributed by atoms with van der Waals surface area (Å²) in [6.07, 6.45) is -5.09. The molecule has 1 aliphatic heterocycles. The number of anilines is 2. The van der Waals surface area contributed by atoms with Crippen molar-refractivity contribution < 1.29 is 50.5 Å². The number of pyridine rings is 2. The molecule has 218 valence electrons. The highest BCUT2D eigenvalue weighted by Crippen LogP contribution is 2.43. The first-order chi connectivity index (χ1) is 19.6. The lowest BCUT2D eigenvalue weighted by Gasteiger charge is -2.08. The van der Waals surface area contributed by atoms with Crippen molar-refractivity contribution in [3.05, 3.63) is 65.9 Å². The molecule has 0 bridgehead atoms. The topological polar surface area (TPSA) is 165 Å². The number of aryl methyl sites for hydroxylation is 1. The number of nitrogens with one attached hydrogen (secondary N) is 2. The molecule has 4 aromatic rings. The summed E-state index contributed by atoms with van der Waals surface area (Å²) in [4.78, 5) is 34.3. The van der Waals surface area contributed by atoms with Crippen LogP contribution >= 0.6 is 0 Å². The molecule has 4 heterocycles. The third kappa shape index (κ3) is 6.78. The van der Waals surface area contributed by atoms with E-state index in [0.29, 0.717) is 22.9 Å². The lowest BCUT2D eigenvalue weighted by atomic mass is 10.0. The maximum absolute atomic E-state index is 14.9. The van der Waals surface area contributed by atoms with Crippen LogP contribution in [0, 0.1) is 24.1 Å². The third-order valence-corrected chi connectivity index (χ3v) is 5.29. The number of nitriles is 1. The van der Waals surface area contributed by atoms with E-state index in [1.54, 1.807) is 37.6 Å². The van der Waals surface area contributed by atoms with Crippen molar-refractivity contribution in [2.75, 3.05) is 5.32 Å². The molecule has 0 saturated heterocycles. The molecule has 0 amide bonds. The number of hydrogen-bond acceptors (Lipinski definition) is 7. The molecule has 5 rings (SSSR count). The van der Waals surface area contributed by atoms with Gasteiger partial charge < -0.3 is 20.5 Å². The minimum Gasteiger partial charge on any atom is -0.475 e. The van der Waals surface area contributed by atoms with Gasteiger partial charge in [-0.15, -0.1) is 0 Å². The zero-order chi connectivity index (χ0) is 31.4. The van der Waals surface area contributed by atoms with Crippen molar-refractivity contribution in [1.82, 2.24) is 19.9 Å². The van der Waals surface area contributed by atoms with Crippen molar-refractivity contribution in [2.24, 2.45) is 0 Å². The van der Waals surface area contributed by atoms with Crippen LogP contribution in [0.15, 0.2) is 48.9 Å². The van der Waals surface area contributed by atoms with Gasteiger partial charge in [0.1, 0.15) is 23.2 Å². The molecule has 42 heavy (non-hydrogen) atoms. The Hall–Kier alpha value is -5.53. The first kappa shape index (κ1) is 31.0. The van der Waals surface area contributed by atoms with E-state index in [0.717, 1.165) is 22.5 Å². The van der Waals surface area contributed by atoms with Crippen LogP contribution in [-0.2, 0) is 9.59 Å². The number of imidazole rings is 1. The summed E-state index contributed by atoms with van der Waals surface area (Å²) in [5.41, 5.74) is 4.60. The van der Waals surface area contributed by atoms with E-state index in [4.69, 9.17) is 19.8 Å². The number of carboxylic acids is 2. The predicted molar refractivity (Wildman–Crippen MR) is 131 cm³/mol. The Morgan fingerprint density at radius 3 is 2.14 bits per heavy atom. The predicted octanol–water partition coefficient (Wildman–Crippen LogP) is 5.84. The molecule has 0 saturated carbocycles. The number of benzene rings is 1. The highest BCUT2D eigenvalue weighted by molar-refractivity contribution is 5.95. The summed E-state index contributed by atoms with van der Waals surface area (Å²) in [5.74, 6) is -5.02. The highest BCUT2D eigenvalue weighted by atomic mass is 19.4. The van der Waals surface area contributed by atoms with Crippen molar-refractivity contribution in [1.29, 1.82) is 5.26 Å². The van der Waals surface area contributed by atoms with Crippen molar-refractivity contribution in [3.8, 4) is 40.0 Å². The molecular formula is C25H15F7N6O4. The summed E-state index contributed by atoms with van der Waals surface area (Å²) in [5, 5.41) is 27.0.